The standard InChI is InChI=1S/C22H27FN4O7/c1-12(9-23)24-22(31)34-14-4-3-13(5-14)17-8-20(27-26-17)25-21(30)11-33-19-7-15(32-2)6-18(29)16(19)10-28/h6-8,10,12-14,29H,3-5,9,11H2,1-2H3,(H,24,31)(H2,25,26,27,30)/t12-,13-,14+/m0/s1. The number of alkyl carbamates (subject to hydrolysis) is 1. The van der Waals surface area contributed by atoms with E-state index in [1.807, 2.05) is 0 Å². The van der Waals surface area contributed by atoms with Crippen molar-refractivity contribution in [3.05, 3.63) is 29.5 Å². The molecular weight excluding hydrogens is 451 g/mol. The molecule has 2 amide bonds. The van der Waals surface area contributed by atoms with Crippen LogP contribution in [0.25, 0.3) is 0 Å². The fourth-order valence-electron chi connectivity index (χ4n) is 3.63. The number of hydrogen-bond acceptors (Lipinski definition) is 8. The van der Waals surface area contributed by atoms with Crippen molar-refractivity contribution in [1.29, 1.82) is 0 Å². The molecule has 34 heavy (non-hydrogen) atoms. The Morgan fingerprint density at radius 3 is 2.85 bits per heavy atom. The number of anilines is 1. The van der Waals surface area contributed by atoms with Gasteiger partial charge in [0.25, 0.3) is 5.91 Å². The first-order valence-corrected chi connectivity index (χ1v) is 10.7. The molecular formula is C22H27FN4O7. The van der Waals surface area contributed by atoms with E-state index in [4.69, 9.17) is 14.2 Å². The third-order valence-electron chi connectivity index (χ3n) is 5.36. The van der Waals surface area contributed by atoms with Gasteiger partial charge in [-0.1, -0.05) is 0 Å². The van der Waals surface area contributed by atoms with Crippen LogP contribution in [0.15, 0.2) is 18.2 Å². The number of aldehydes is 1. The second-order valence-corrected chi connectivity index (χ2v) is 7.96. The summed E-state index contributed by atoms with van der Waals surface area (Å²) in [5.41, 5.74) is 0.683. The average molecular weight is 478 g/mol. The minimum atomic E-state index is -0.670. The molecule has 1 aliphatic carbocycles. The number of amides is 2. The number of alkyl halides is 1. The van der Waals surface area contributed by atoms with Crippen molar-refractivity contribution < 1.29 is 38.1 Å². The van der Waals surface area contributed by atoms with E-state index in [9.17, 15) is 23.9 Å². The van der Waals surface area contributed by atoms with Gasteiger partial charge in [-0.25, -0.2) is 9.18 Å². The van der Waals surface area contributed by atoms with E-state index < -0.39 is 31.3 Å². The second kappa shape index (κ2) is 11.3. The quantitative estimate of drug-likeness (QED) is 0.381. The van der Waals surface area contributed by atoms with Crippen LogP contribution in [0, 0.1) is 0 Å². The van der Waals surface area contributed by atoms with Gasteiger partial charge in [0.05, 0.1) is 18.7 Å². The molecule has 11 nitrogen and oxygen atoms in total. The number of carbonyl (C=O) groups excluding carboxylic acids is 3. The lowest BCUT2D eigenvalue weighted by Gasteiger charge is -2.15. The second-order valence-electron chi connectivity index (χ2n) is 7.96. The summed E-state index contributed by atoms with van der Waals surface area (Å²) in [5, 5.41) is 21.8. The summed E-state index contributed by atoms with van der Waals surface area (Å²) in [6.45, 7) is 0.448. The summed E-state index contributed by atoms with van der Waals surface area (Å²) >= 11 is 0. The number of rotatable bonds is 10. The third-order valence-corrected chi connectivity index (χ3v) is 5.36. The van der Waals surface area contributed by atoms with Crippen molar-refractivity contribution in [2.45, 2.75) is 44.2 Å². The number of carbonyl (C=O) groups is 3. The van der Waals surface area contributed by atoms with Gasteiger partial charge in [-0.3, -0.25) is 14.7 Å². The van der Waals surface area contributed by atoms with E-state index in [1.54, 1.807) is 13.0 Å². The maximum atomic E-state index is 12.5. The Balaban J connectivity index is 1.51. The molecule has 0 bridgehead atoms. The number of ether oxygens (including phenoxy) is 3. The Morgan fingerprint density at radius 2 is 2.15 bits per heavy atom. The van der Waals surface area contributed by atoms with Gasteiger partial charge in [0.15, 0.2) is 18.7 Å². The van der Waals surface area contributed by atoms with E-state index in [-0.39, 0.29) is 40.7 Å². The summed E-state index contributed by atoms with van der Waals surface area (Å²) < 4.78 is 28.2. The normalized spacial score (nSPS) is 18.1. The predicted octanol–water partition coefficient (Wildman–Crippen LogP) is 2.67. The Bertz CT molecular complexity index is 1030. The Hall–Kier alpha value is -3.83. The SMILES string of the molecule is COc1cc(O)c(C=O)c(OCC(=O)Nc2cc([C@H]3CC[C@@H](OC(=O)N[C@@H](C)CF)C3)[nH]n2)c1. The molecule has 1 aromatic carbocycles. The van der Waals surface area contributed by atoms with Gasteiger partial charge in [0, 0.05) is 29.8 Å². The van der Waals surface area contributed by atoms with E-state index in [1.165, 1.54) is 19.2 Å². The van der Waals surface area contributed by atoms with Gasteiger partial charge in [-0.15, -0.1) is 0 Å². The van der Waals surface area contributed by atoms with E-state index in [0.29, 0.717) is 19.1 Å². The topological polar surface area (TPSA) is 152 Å². The number of aromatic nitrogens is 2. The Morgan fingerprint density at radius 1 is 1.35 bits per heavy atom. The number of methoxy groups -OCH3 is 1. The van der Waals surface area contributed by atoms with Gasteiger partial charge in [-0.05, 0) is 26.2 Å². The summed E-state index contributed by atoms with van der Waals surface area (Å²) in [6.07, 6.45) is 1.47. The lowest BCUT2D eigenvalue weighted by atomic mass is 10.0. The summed E-state index contributed by atoms with van der Waals surface area (Å²) in [4.78, 5) is 35.3. The maximum Gasteiger partial charge on any atom is 0.407 e. The number of H-pyrrole nitrogens is 1. The molecule has 3 rings (SSSR count). The average Bonchev–Trinajstić information content (AvgIpc) is 3.46. The lowest BCUT2D eigenvalue weighted by molar-refractivity contribution is -0.118. The Labute approximate surface area is 195 Å². The minimum absolute atomic E-state index is 0.00617. The first-order chi connectivity index (χ1) is 16.3. The van der Waals surface area contributed by atoms with Crippen molar-refractivity contribution in [1.82, 2.24) is 15.5 Å². The number of nitrogens with zero attached hydrogens (tertiary/aromatic N) is 1. The summed E-state index contributed by atoms with van der Waals surface area (Å²) in [7, 11) is 1.39. The van der Waals surface area contributed by atoms with Crippen LogP contribution in [-0.4, -0.2) is 66.1 Å². The van der Waals surface area contributed by atoms with Crippen LogP contribution in [0.2, 0.25) is 0 Å². The van der Waals surface area contributed by atoms with Crippen molar-refractivity contribution >= 4 is 24.1 Å². The van der Waals surface area contributed by atoms with Crippen LogP contribution < -0.4 is 20.1 Å². The molecule has 12 heteroatoms. The molecule has 1 saturated carbocycles. The minimum Gasteiger partial charge on any atom is -0.507 e. The van der Waals surface area contributed by atoms with Crippen LogP contribution in [0.1, 0.15) is 48.2 Å². The molecule has 1 heterocycles. The van der Waals surface area contributed by atoms with Gasteiger partial charge in [-0.2, -0.15) is 5.10 Å². The van der Waals surface area contributed by atoms with Crippen molar-refractivity contribution in [2.24, 2.45) is 0 Å². The number of aromatic hydroxyl groups is 1. The maximum absolute atomic E-state index is 12.5. The van der Waals surface area contributed by atoms with E-state index >= 15 is 0 Å². The summed E-state index contributed by atoms with van der Waals surface area (Å²) in [6, 6.07) is 3.73. The third kappa shape index (κ3) is 6.36. The van der Waals surface area contributed by atoms with Gasteiger partial charge in [0.2, 0.25) is 0 Å². The van der Waals surface area contributed by atoms with E-state index in [0.717, 1.165) is 12.1 Å². The number of aromatic amines is 1. The number of hydrogen-bond donors (Lipinski definition) is 4. The monoisotopic (exact) mass is 478 g/mol. The van der Waals surface area contributed by atoms with Crippen LogP contribution >= 0.6 is 0 Å². The van der Waals surface area contributed by atoms with Crippen molar-refractivity contribution in [2.75, 3.05) is 25.7 Å². The highest BCUT2D eigenvalue weighted by molar-refractivity contribution is 5.91. The zero-order valence-corrected chi connectivity index (χ0v) is 18.8. The van der Waals surface area contributed by atoms with Gasteiger partial charge in [0.1, 0.15) is 30.0 Å². The van der Waals surface area contributed by atoms with Gasteiger partial charge >= 0.3 is 6.09 Å². The van der Waals surface area contributed by atoms with Crippen LogP contribution in [0.4, 0.5) is 15.0 Å². The summed E-state index contributed by atoms with van der Waals surface area (Å²) in [5.74, 6) is -0.235. The van der Waals surface area contributed by atoms with Crippen LogP contribution in [-0.2, 0) is 9.53 Å². The number of phenolic OH excluding ortho intramolecular Hbond substituents is 1. The largest absolute Gasteiger partial charge is 0.507 e. The molecule has 0 unspecified atom stereocenters. The Kier molecular flexibility index (Phi) is 8.28. The predicted molar refractivity (Wildman–Crippen MR) is 118 cm³/mol. The van der Waals surface area contributed by atoms with E-state index in [2.05, 4.69) is 20.8 Å². The highest BCUT2D eigenvalue weighted by Gasteiger charge is 2.30. The van der Waals surface area contributed by atoms with Gasteiger partial charge < -0.3 is 30.0 Å². The number of phenols is 1. The molecule has 4 N–H and O–H groups in total. The molecule has 1 aromatic heterocycles. The zero-order valence-electron chi connectivity index (χ0n) is 18.8. The molecule has 3 atom stereocenters. The molecule has 0 spiro atoms. The molecule has 0 radical (unpaired) electrons. The first-order valence-electron chi connectivity index (χ1n) is 10.7. The van der Waals surface area contributed by atoms with Crippen LogP contribution in [0.3, 0.4) is 0 Å². The number of benzene rings is 1. The highest BCUT2D eigenvalue weighted by atomic mass is 19.1. The number of halogens is 1. The van der Waals surface area contributed by atoms with Crippen molar-refractivity contribution in [3.63, 3.8) is 0 Å². The fourth-order valence-corrected chi connectivity index (χ4v) is 3.63. The highest BCUT2D eigenvalue weighted by Crippen LogP contribution is 2.36. The van der Waals surface area contributed by atoms with Crippen LogP contribution in [0.5, 0.6) is 17.2 Å². The molecule has 1 fully saturated rings. The fraction of sp³-hybridized carbons (Fsp3) is 0.455. The molecule has 184 valence electrons. The molecule has 0 aliphatic heterocycles. The molecule has 1 aliphatic rings. The molecule has 0 saturated heterocycles. The first kappa shape index (κ1) is 24.8. The zero-order chi connectivity index (χ0) is 24.7. The molecule has 2 aromatic rings. The lowest BCUT2D eigenvalue weighted by Crippen LogP contribution is -2.36. The number of nitrogens with one attached hydrogen (secondary N) is 3. The smallest absolute Gasteiger partial charge is 0.407 e. The van der Waals surface area contributed by atoms with Crippen molar-refractivity contribution in [3.8, 4) is 17.2 Å².